The molecule has 0 aromatic carbocycles. The Kier molecular flexibility index (Phi) is 2.77. The molecule has 17 heavy (non-hydrogen) atoms. The van der Waals surface area contributed by atoms with Crippen LogP contribution in [-0.2, 0) is 9.59 Å². The number of nitrogen functional groups attached to an aromatic ring is 1. The maximum Gasteiger partial charge on any atom is 0.257 e. The molecular formula is C9H11N5O3. The first-order chi connectivity index (χ1) is 8.08. The van der Waals surface area contributed by atoms with Crippen molar-refractivity contribution >= 4 is 23.5 Å². The van der Waals surface area contributed by atoms with Crippen molar-refractivity contribution in [3.05, 3.63) is 11.8 Å². The molecule has 3 amide bonds. The molecule has 90 valence electrons. The fourth-order valence-electron chi connectivity index (χ4n) is 1.54. The van der Waals surface area contributed by atoms with Crippen molar-refractivity contribution in [1.29, 1.82) is 0 Å². The zero-order chi connectivity index (χ0) is 12.4. The van der Waals surface area contributed by atoms with Gasteiger partial charge in [-0.25, -0.2) is 0 Å². The summed E-state index contributed by atoms with van der Waals surface area (Å²) >= 11 is 0. The summed E-state index contributed by atoms with van der Waals surface area (Å²) in [5.41, 5.74) is 5.65. The largest absolute Gasteiger partial charge is 0.383 e. The van der Waals surface area contributed by atoms with E-state index in [1.165, 1.54) is 6.20 Å². The van der Waals surface area contributed by atoms with E-state index in [0.29, 0.717) is 0 Å². The number of nitrogens with zero attached hydrogens (tertiary/aromatic N) is 1. The molecule has 1 saturated heterocycles. The molecular weight excluding hydrogens is 226 g/mol. The molecule has 0 spiro atoms. The second kappa shape index (κ2) is 4.24. The molecule has 1 aliphatic rings. The average molecular weight is 237 g/mol. The highest BCUT2D eigenvalue weighted by atomic mass is 16.2. The normalized spacial score (nSPS) is 19.9. The molecule has 1 aliphatic heterocycles. The predicted molar refractivity (Wildman–Crippen MR) is 56.6 cm³/mol. The van der Waals surface area contributed by atoms with Crippen LogP contribution < -0.4 is 16.4 Å². The zero-order valence-electron chi connectivity index (χ0n) is 8.82. The van der Waals surface area contributed by atoms with Crippen molar-refractivity contribution in [1.82, 2.24) is 20.8 Å². The number of hydrogen-bond donors (Lipinski definition) is 4. The third-order valence-electron chi connectivity index (χ3n) is 2.46. The van der Waals surface area contributed by atoms with E-state index in [2.05, 4.69) is 20.8 Å². The van der Waals surface area contributed by atoms with Crippen LogP contribution in [0.2, 0.25) is 0 Å². The molecule has 0 bridgehead atoms. The number of piperidine rings is 1. The number of hydrogen-bond acceptors (Lipinski definition) is 5. The number of rotatable bonds is 2. The van der Waals surface area contributed by atoms with Crippen LogP contribution in [0, 0.1) is 0 Å². The Morgan fingerprint density at radius 1 is 1.53 bits per heavy atom. The van der Waals surface area contributed by atoms with Gasteiger partial charge in [-0.3, -0.25) is 24.8 Å². The van der Waals surface area contributed by atoms with Crippen LogP contribution in [0.15, 0.2) is 6.20 Å². The number of nitrogens with two attached hydrogens (primary N) is 1. The molecule has 1 unspecified atom stereocenters. The van der Waals surface area contributed by atoms with Gasteiger partial charge in [0.05, 0.1) is 6.20 Å². The first kappa shape index (κ1) is 11.1. The van der Waals surface area contributed by atoms with Crippen molar-refractivity contribution in [2.75, 3.05) is 5.73 Å². The van der Waals surface area contributed by atoms with Gasteiger partial charge in [-0.1, -0.05) is 0 Å². The summed E-state index contributed by atoms with van der Waals surface area (Å²) < 4.78 is 0. The van der Waals surface area contributed by atoms with Gasteiger partial charge in [0.2, 0.25) is 11.8 Å². The number of carbonyl (C=O) groups is 3. The Morgan fingerprint density at radius 3 is 2.88 bits per heavy atom. The van der Waals surface area contributed by atoms with Gasteiger partial charge in [-0.15, -0.1) is 0 Å². The van der Waals surface area contributed by atoms with Gasteiger partial charge in [0.15, 0.2) is 0 Å². The Morgan fingerprint density at radius 2 is 2.29 bits per heavy atom. The summed E-state index contributed by atoms with van der Waals surface area (Å²) in [6, 6.07) is -0.713. The number of amides is 3. The van der Waals surface area contributed by atoms with Crippen molar-refractivity contribution in [2.24, 2.45) is 0 Å². The second-order valence-electron chi connectivity index (χ2n) is 3.67. The van der Waals surface area contributed by atoms with E-state index in [1.807, 2.05) is 0 Å². The van der Waals surface area contributed by atoms with E-state index in [4.69, 9.17) is 5.73 Å². The topological polar surface area (TPSA) is 130 Å². The molecule has 1 atom stereocenters. The molecule has 8 heteroatoms. The fraction of sp³-hybridized carbons (Fsp3) is 0.333. The van der Waals surface area contributed by atoms with Gasteiger partial charge >= 0.3 is 0 Å². The lowest BCUT2D eigenvalue weighted by atomic mass is 10.1. The van der Waals surface area contributed by atoms with Gasteiger partial charge in [0.1, 0.15) is 17.4 Å². The first-order valence-electron chi connectivity index (χ1n) is 5.01. The Hall–Kier alpha value is -2.38. The lowest BCUT2D eigenvalue weighted by molar-refractivity contribution is -0.134. The van der Waals surface area contributed by atoms with Crippen LogP contribution >= 0.6 is 0 Å². The smallest absolute Gasteiger partial charge is 0.257 e. The van der Waals surface area contributed by atoms with Gasteiger partial charge in [0.25, 0.3) is 5.91 Å². The Labute approximate surface area is 95.9 Å². The van der Waals surface area contributed by atoms with Gasteiger partial charge in [0, 0.05) is 6.42 Å². The van der Waals surface area contributed by atoms with Crippen molar-refractivity contribution < 1.29 is 14.4 Å². The minimum absolute atomic E-state index is 0.134. The third kappa shape index (κ3) is 2.25. The predicted octanol–water partition coefficient (Wildman–Crippen LogP) is -1.47. The summed E-state index contributed by atoms with van der Waals surface area (Å²) in [4.78, 5) is 34.0. The highest BCUT2D eigenvalue weighted by Gasteiger charge is 2.28. The summed E-state index contributed by atoms with van der Waals surface area (Å²) in [6.07, 6.45) is 1.77. The standard InChI is InChI=1S/C9H11N5O3/c10-7-4(3-11-14-7)8(16)12-5-1-2-6(15)13-9(5)17/h3,5H,1-2H2,(H,12,16)(H3,10,11,14)(H,13,15,17). The fourth-order valence-corrected chi connectivity index (χ4v) is 1.54. The minimum Gasteiger partial charge on any atom is -0.383 e. The van der Waals surface area contributed by atoms with E-state index in [1.54, 1.807) is 0 Å². The van der Waals surface area contributed by atoms with Crippen molar-refractivity contribution in [3.8, 4) is 0 Å². The Balaban J connectivity index is 2.02. The summed E-state index contributed by atoms with van der Waals surface area (Å²) in [7, 11) is 0. The molecule has 8 nitrogen and oxygen atoms in total. The molecule has 2 heterocycles. The first-order valence-corrected chi connectivity index (χ1v) is 5.01. The highest BCUT2D eigenvalue weighted by Crippen LogP contribution is 2.09. The van der Waals surface area contributed by atoms with Crippen LogP contribution in [0.25, 0.3) is 0 Å². The van der Waals surface area contributed by atoms with E-state index in [-0.39, 0.29) is 30.1 Å². The van der Waals surface area contributed by atoms with E-state index < -0.39 is 17.9 Å². The highest BCUT2D eigenvalue weighted by molar-refractivity contribution is 6.04. The molecule has 0 radical (unpaired) electrons. The van der Waals surface area contributed by atoms with Crippen LogP contribution in [0.4, 0.5) is 5.82 Å². The summed E-state index contributed by atoms with van der Waals surface area (Å²) in [6.45, 7) is 0. The van der Waals surface area contributed by atoms with Crippen LogP contribution in [-0.4, -0.2) is 34.0 Å². The number of carbonyl (C=O) groups excluding carboxylic acids is 3. The second-order valence-corrected chi connectivity index (χ2v) is 3.67. The van der Waals surface area contributed by atoms with E-state index >= 15 is 0 Å². The maximum absolute atomic E-state index is 11.7. The molecule has 1 aromatic heterocycles. The maximum atomic E-state index is 11.7. The minimum atomic E-state index is -0.713. The molecule has 0 aliphatic carbocycles. The van der Waals surface area contributed by atoms with E-state index in [0.717, 1.165) is 0 Å². The average Bonchev–Trinajstić information content (AvgIpc) is 2.68. The lowest BCUT2D eigenvalue weighted by Gasteiger charge is -2.21. The summed E-state index contributed by atoms with van der Waals surface area (Å²) in [5.74, 6) is -1.19. The zero-order valence-corrected chi connectivity index (χ0v) is 8.82. The van der Waals surface area contributed by atoms with Gasteiger partial charge in [-0.2, -0.15) is 5.10 Å². The van der Waals surface area contributed by atoms with Crippen molar-refractivity contribution in [3.63, 3.8) is 0 Å². The number of aromatic nitrogens is 2. The summed E-state index contributed by atoms with van der Waals surface area (Å²) in [5, 5.41) is 10.7. The SMILES string of the molecule is Nc1[nH]ncc1C(=O)NC1CCC(=O)NC1=O. The third-order valence-corrected chi connectivity index (χ3v) is 2.46. The van der Waals surface area contributed by atoms with Crippen molar-refractivity contribution in [2.45, 2.75) is 18.9 Å². The number of imide groups is 1. The number of nitrogens with one attached hydrogen (secondary N) is 3. The molecule has 5 N–H and O–H groups in total. The van der Waals surface area contributed by atoms with E-state index in [9.17, 15) is 14.4 Å². The Bertz CT molecular complexity index is 481. The molecule has 1 fully saturated rings. The molecule has 2 rings (SSSR count). The quantitative estimate of drug-likeness (QED) is 0.466. The number of H-pyrrole nitrogens is 1. The monoisotopic (exact) mass is 237 g/mol. The van der Waals surface area contributed by atoms with Gasteiger partial charge < -0.3 is 11.1 Å². The molecule has 0 saturated carbocycles. The van der Waals surface area contributed by atoms with Gasteiger partial charge in [-0.05, 0) is 6.42 Å². The molecule has 1 aromatic rings. The lowest BCUT2D eigenvalue weighted by Crippen LogP contribution is -2.52. The van der Waals surface area contributed by atoms with Crippen LogP contribution in [0.5, 0.6) is 0 Å². The van der Waals surface area contributed by atoms with Crippen LogP contribution in [0.3, 0.4) is 0 Å². The van der Waals surface area contributed by atoms with Crippen LogP contribution in [0.1, 0.15) is 23.2 Å². The number of anilines is 1. The number of aromatic amines is 1.